The maximum atomic E-state index is 12.4. The lowest BCUT2D eigenvalue weighted by molar-refractivity contribution is -0.153. The molecule has 3 heterocycles. The Morgan fingerprint density at radius 1 is 1.12 bits per heavy atom. The molecular formula is C15H25N7O2. The zero-order chi connectivity index (χ0) is 16.9. The first kappa shape index (κ1) is 16.8. The lowest BCUT2D eigenvalue weighted by atomic mass is 10.0. The molecule has 2 fully saturated rings. The smallest absolute Gasteiger partial charge is 0.312 e. The van der Waals surface area contributed by atoms with Crippen molar-refractivity contribution in [2.24, 2.45) is 5.92 Å². The molecule has 0 radical (unpaired) electrons. The molecule has 0 saturated carbocycles. The molecule has 0 aromatic carbocycles. The Kier molecular flexibility index (Phi) is 5.39. The topological polar surface area (TPSA) is 98.3 Å². The molecule has 2 aliphatic heterocycles. The van der Waals surface area contributed by atoms with E-state index in [2.05, 4.69) is 32.4 Å². The van der Waals surface area contributed by atoms with Crippen LogP contribution in [0.4, 0.5) is 0 Å². The van der Waals surface area contributed by atoms with Crippen molar-refractivity contribution < 1.29 is 9.59 Å². The number of rotatable bonds is 3. The van der Waals surface area contributed by atoms with Crippen molar-refractivity contribution in [3.63, 3.8) is 0 Å². The number of amides is 2. The van der Waals surface area contributed by atoms with Gasteiger partial charge in [-0.25, -0.2) is 0 Å². The summed E-state index contributed by atoms with van der Waals surface area (Å²) in [6.07, 6.45) is 2.86. The summed E-state index contributed by atoms with van der Waals surface area (Å²) < 4.78 is 0. The summed E-state index contributed by atoms with van der Waals surface area (Å²) in [7, 11) is 0. The van der Waals surface area contributed by atoms with Crippen LogP contribution < -0.4 is 0 Å². The SMILES string of the molecule is CC1CCCN(C(=O)C(=O)N2CCN(CCc3nn[nH]n3)CC2)C1. The van der Waals surface area contributed by atoms with E-state index in [1.54, 1.807) is 9.80 Å². The Morgan fingerprint density at radius 2 is 1.88 bits per heavy atom. The molecular weight excluding hydrogens is 310 g/mol. The summed E-state index contributed by atoms with van der Waals surface area (Å²) in [5, 5.41) is 13.9. The van der Waals surface area contributed by atoms with E-state index < -0.39 is 0 Å². The van der Waals surface area contributed by atoms with Gasteiger partial charge in [0.25, 0.3) is 0 Å². The lowest BCUT2D eigenvalue weighted by Gasteiger charge is -2.36. The van der Waals surface area contributed by atoms with Gasteiger partial charge < -0.3 is 9.80 Å². The van der Waals surface area contributed by atoms with Crippen LogP contribution in [0.15, 0.2) is 0 Å². The second kappa shape index (κ2) is 7.69. The van der Waals surface area contributed by atoms with E-state index in [-0.39, 0.29) is 11.8 Å². The molecule has 1 atom stereocenters. The first-order valence-electron chi connectivity index (χ1n) is 8.66. The minimum Gasteiger partial charge on any atom is -0.334 e. The minimum atomic E-state index is -0.345. The van der Waals surface area contributed by atoms with Gasteiger partial charge in [-0.15, -0.1) is 10.2 Å². The van der Waals surface area contributed by atoms with Crippen LogP contribution >= 0.6 is 0 Å². The van der Waals surface area contributed by atoms with E-state index in [4.69, 9.17) is 0 Å². The van der Waals surface area contributed by atoms with Crippen molar-refractivity contribution in [3.05, 3.63) is 5.82 Å². The standard InChI is InChI=1S/C15H25N7O2/c1-12-3-2-5-22(11-12)15(24)14(23)21-9-7-20(8-10-21)6-4-13-16-18-19-17-13/h12H,2-11H2,1H3,(H,16,17,18,19). The number of aromatic amines is 1. The van der Waals surface area contributed by atoms with Crippen LogP contribution in [0.2, 0.25) is 0 Å². The normalized spacial score (nSPS) is 22.6. The average molecular weight is 335 g/mol. The van der Waals surface area contributed by atoms with Crippen LogP contribution in [0.1, 0.15) is 25.6 Å². The number of aromatic nitrogens is 4. The summed E-state index contributed by atoms with van der Waals surface area (Å²) in [6, 6.07) is 0. The molecule has 24 heavy (non-hydrogen) atoms. The van der Waals surface area contributed by atoms with E-state index in [0.717, 1.165) is 38.9 Å². The Bertz CT molecular complexity index is 554. The van der Waals surface area contributed by atoms with Crippen LogP contribution in [0.5, 0.6) is 0 Å². The number of piperazine rings is 1. The van der Waals surface area contributed by atoms with E-state index in [0.29, 0.717) is 37.9 Å². The van der Waals surface area contributed by atoms with E-state index in [1.807, 2.05) is 0 Å². The number of nitrogens with zero attached hydrogens (tertiary/aromatic N) is 6. The van der Waals surface area contributed by atoms with Gasteiger partial charge in [-0.1, -0.05) is 12.1 Å². The van der Waals surface area contributed by atoms with Crippen molar-refractivity contribution in [1.82, 2.24) is 35.3 Å². The Labute approximate surface area is 141 Å². The second-order valence-corrected chi connectivity index (χ2v) is 6.71. The van der Waals surface area contributed by atoms with Gasteiger partial charge >= 0.3 is 11.8 Å². The van der Waals surface area contributed by atoms with E-state index in [1.165, 1.54) is 0 Å². The average Bonchev–Trinajstić information content (AvgIpc) is 3.13. The Balaban J connectivity index is 1.43. The highest BCUT2D eigenvalue weighted by molar-refractivity contribution is 6.34. The molecule has 1 aromatic heterocycles. The molecule has 2 amide bonds. The van der Waals surface area contributed by atoms with Crippen LogP contribution in [0.25, 0.3) is 0 Å². The molecule has 1 unspecified atom stereocenters. The van der Waals surface area contributed by atoms with Crippen molar-refractivity contribution in [3.8, 4) is 0 Å². The summed E-state index contributed by atoms with van der Waals surface area (Å²) in [4.78, 5) is 30.5. The predicted molar refractivity (Wildman–Crippen MR) is 85.9 cm³/mol. The molecule has 1 aromatic rings. The third kappa shape index (κ3) is 4.08. The number of H-pyrrole nitrogens is 1. The summed E-state index contributed by atoms with van der Waals surface area (Å²) in [5.41, 5.74) is 0. The van der Waals surface area contributed by atoms with Crippen molar-refractivity contribution >= 4 is 11.8 Å². The Hall–Kier alpha value is -2.03. The quantitative estimate of drug-likeness (QED) is 0.722. The monoisotopic (exact) mass is 335 g/mol. The molecule has 132 valence electrons. The molecule has 9 heteroatoms. The van der Waals surface area contributed by atoms with Crippen molar-refractivity contribution in [2.45, 2.75) is 26.2 Å². The predicted octanol–water partition coefficient (Wildman–Crippen LogP) is -0.855. The van der Waals surface area contributed by atoms with Gasteiger partial charge in [-0.2, -0.15) is 5.21 Å². The van der Waals surface area contributed by atoms with E-state index in [9.17, 15) is 9.59 Å². The summed E-state index contributed by atoms with van der Waals surface area (Å²) in [5.74, 6) is 0.504. The fourth-order valence-electron chi connectivity index (χ4n) is 3.37. The Morgan fingerprint density at radius 3 is 2.54 bits per heavy atom. The maximum absolute atomic E-state index is 12.4. The molecule has 0 aliphatic carbocycles. The minimum absolute atomic E-state index is 0.332. The molecule has 1 N–H and O–H groups in total. The number of carbonyl (C=O) groups excluding carboxylic acids is 2. The highest BCUT2D eigenvalue weighted by Crippen LogP contribution is 2.16. The number of tetrazole rings is 1. The third-order valence-corrected chi connectivity index (χ3v) is 4.83. The third-order valence-electron chi connectivity index (χ3n) is 4.83. The number of carbonyl (C=O) groups is 2. The highest BCUT2D eigenvalue weighted by Gasteiger charge is 2.31. The van der Waals surface area contributed by atoms with Gasteiger partial charge in [-0.3, -0.25) is 14.5 Å². The molecule has 3 rings (SSSR count). The maximum Gasteiger partial charge on any atom is 0.312 e. The van der Waals surface area contributed by atoms with Crippen molar-refractivity contribution in [2.75, 3.05) is 45.8 Å². The highest BCUT2D eigenvalue weighted by atomic mass is 16.2. The first-order chi connectivity index (χ1) is 11.6. The van der Waals surface area contributed by atoms with Gasteiger partial charge in [0.1, 0.15) is 0 Å². The van der Waals surface area contributed by atoms with Gasteiger partial charge in [0, 0.05) is 52.2 Å². The van der Waals surface area contributed by atoms with Crippen LogP contribution in [0.3, 0.4) is 0 Å². The fourth-order valence-corrected chi connectivity index (χ4v) is 3.37. The number of nitrogens with one attached hydrogen (secondary N) is 1. The first-order valence-corrected chi connectivity index (χ1v) is 8.66. The molecule has 2 saturated heterocycles. The van der Waals surface area contributed by atoms with Gasteiger partial charge in [0.15, 0.2) is 5.82 Å². The van der Waals surface area contributed by atoms with Gasteiger partial charge in [-0.05, 0) is 18.8 Å². The van der Waals surface area contributed by atoms with E-state index >= 15 is 0 Å². The number of piperidine rings is 1. The van der Waals surface area contributed by atoms with Gasteiger partial charge in [0.2, 0.25) is 0 Å². The van der Waals surface area contributed by atoms with Crippen molar-refractivity contribution in [1.29, 1.82) is 0 Å². The number of hydrogen-bond acceptors (Lipinski definition) is 6. The summed E-state index contributed by atoms with van der Waals surface area (Å²) >= 11 is 0. The van der Waals surface area contributed by atoms with Crippen LogP contribution in [-0.2, 0) is 16.0 Å². The zero-order valence-corrected chi connectivity index (χ0v) is 14.1. The van der Waals surface area contributed by atoms with Gasteiger partial charge in [0.05, 0.1) is 0 Å². The number of hydrogen-bond donors (Lipinski definition) is 1. The van der Waals surface area contributed by atoms with Crippen LogP contribution in [-0.4, -0.2) is 93.0 Å². The molecule has 9 nitrogen and oxygen atoms in total. The zero-order valence-electron chi connectivity index (χ0n) is 14.1. The largest absolute Gasteiger partial charge is 0.334 e. The number of likely N-dealkylation sites (tertiary alicyclic amines) is 1. The molecule has 2 aliphatic rings. The molecule has 0 bridgehead atoms. The summed E-state index contributed by atoms with van der Waals surface area (Å²) in [6.45, 7) is 7.11. The van der Waals surface area contributed by atoms with Crippen LogP contribution in [0, 0.1) is 5.92 Å². The fraction of sp³-hybridized carbons (Fsp3) is 0.800. The second-order valence-electron chi connectivity index (χ2n) is 6.71. The molecule has 0 spiro atoms. The lowest BCUT2D eigenvalue weighted by Crippen LogP contribution is -2.54.